The molecule has 9 nitrogen and oxygen atoms in total. The van der Waals surface area contributed by atoms with Crippen LogP contribution in [0.15, 0.2) is 77.7 Å². The van der Waals surface area contributed by atoms with Crippen molar-refractivity contribution in [3.05, 3.63) is 99.6 Å². The number of rotatable bonds is 7. The van der Waals surface area contributed by atoms with Gasteiger partial charge in [0.25, 0.3) is 11.6 Å². The molecule has 0 aromatic heterocycles. The number of nitrogens with one attached hydrogen (secondary N) is 1. The summed E-state index contributed by atoms with van der Waals surface area (Å²) in [6, 6.07) is 20.0. The Balaban J connectivity index is 1.33. The zero-order valence-corrected chi connectivity index (χ0v) is 20.1. The summed E-state index contributed by atoms with van der Waals surface area (Å²) < 4.78 is 27.1. The van der Waals surface area contributed by atoms with Crippen molar-refractivity contribution in [3.63, 3.8) is 0 Å². The topological polar surface area (TPSA) is 113 Å². The van der Waals surface area contributed by atoms with Crippen LogP contribution in [-0.2, 0) is 16.6 Å². The van der Waals surface area contributed by atoms with Gasteiger partial charge in [-0.15, -0.1) is 0 Å². The van der Waals surface area contributed by atoms with E-state index in [1.165, 1.54) is 16.4 Å². The monoisotopic (exact) mass is 494 g/mol. The lowest BCUT2D eigenvalue weighted by molar-refractivity contribution is -0.384. The number of nitrogens with zero attached hydrogens (tertiary/aromatic N) is 3. The lowest BCUT2D eigenvalue weighted by atomic mass is 10.1. The largest absolute Gasteiger partial charge is 0.321 e. The average molecular weight is 495 g/mol. The number of sulfonamides is 1. The highest BCUT2D eigenvalue weighted by atomic mass is 32.2. The van der Waals surface area contributed by atoms with Crippen LogP contribution in [0.25, 0.3) is 0 Å². The number of nitro benzene ring substituents is 1. The molecule has 10 heteroatoms. The smallest absolute Gasteiger partial charge is 0.271 e. The van der Waals surface area contributed by atoms with Crippen molar-refractivity contribution < 1.29 is 18.1 Å². The Hall–Kier alpha value is -3.60. The van der Waals surface area contributed by atoms with Gasteiger partial charge in [-0.05, 0) is 42.3 Å². The minimum absolute atomic E-state index is 0.0853. The molecule has 0 saturated carbocycles. The quantitative estimate of drug-likeness (QED) is 0.396. The number of benzene rings is 3. The zero-order chi connectivity index (χ0) is 25.0. The van der Waals surface area contributed by atoms with Crippen LogP contribution in [0.4, 0.5) is 11.4 Å². The Morgan fingerprint density at radius 2 is 1.63 bits per heavy atom. The number of amides is 1. The van der Waals surface area contributed by atoms with E-state index in [1.54, 1.807) is 55.5 Å². The Morgan fingerprint density at radius 3 is 2.26 bits per heavy atom. The maximum Gasteiger partial charge on any atom is 0.271 e. The second kappa shape index (κ2) is 10.3. The molecule has 182 valence electrons. The van der Waals surface area contributed by atoms with Crippen molar-refractivity contribution in [2.24, 2.45) is 0 Å². The first-order valence-corrected chi connectivity index (χ1v) is 12.6. The van der Waals surface area contributed by atoms with Gasteiger partial charge in [0.15, 0.2) is 0 Å². The first kappa shape index (κ1) is 24.5. The molecule has 1 saturated heterocycles. The molecule has 3 aromatic carbocycles. The van der Waals surface area contributed by atoms with Gasteiger partial charge >= 0.3 is 0 Å². The molecular weight excluding hydrogens is 468 g/mol. The summed E-state index contributed by atoms with van der Waals surface area (Å²) in [5, 5.41) is 13.7. The van der Waals surface area contributed by atoms with Crippen LogP contribution in [-0.4, -0.2) is 54.6 Å². The predicted molar refractivity (Wildman–Crippen MR) is 133 cm³/mol. The van der Waals surface area contributed by atoms with Crippen LogP contribution in [0, 0.1) is 17.0 Å². The average Bonchev–Trinajstić information content (AvgIpc) is 2.86. The molecule has 1 N–H and O–H groups in total. The van der Waals surface area contributed by atoms with Crippen molar-refractivity contribution in [3.8, 4) is 0 Å². The molecule has 0 bridgehead atoms. The third kappa shape index (κ3) is 5.73. The molecule has 0 aliphatic carbocycles. The SMILES string of the molecule is Cc1ccc([N+](=O)[O-])cc1NC(=O)c1ccc(CN2CCN(S(=O)(=O)c3ccccc3)CC2)cc1. The molecule has 1 aliphatic heterocycles. The number of non-ortho nitro benzene ring substituents is 1. The Kier molecular flexibility index (Phi) is 7.25. The molecule has 1 aliphatic rings. The number of piperazine rings is 1. The number of carbonyl (C=O) groups excluding carboxylic acids is 1. The molecule has 0 unspecified atom stereocenters. The zero-order valence-electron chi connectivity index (χ0n) is 19.3. The van der Waals surface area contributed by atoms with Gasteiger partial charge in [-0.3, -0.25) is 19.8 Å². The normalized spacial score (nSPS) is 15.0. The van der Waals surface area contributed by atoms with E-state index in [1.807, 2.05) is 12.1 Å². The van der Waals surface area contributed by atoms with E-state index in [0.717, 1.165) is 11.1 Å². The summed E-state index contributed by atoms with van der Waals surface area (Å²) in [5.41, 5.74) is 2.49. The number of nitro groups is 1. The molecule has 0 spiro atoms. The van der Waals surface area contributed by atoms with Crippen LogP contribution in [0.1, 0.15) is 21.5 Å². The highest BCUT2D eigenvalue weighted by Crippen LogP contribution is 2.23. The fraction of sp³-hybridized carbons (Fsp3) is 0.240. The molecule has 0 atom stereocenters. The number of carbonyl (C=O) groups is 1. The molecular formula is C25H26N4O5S. The third-order valence-electron chi connectivity index (χ3n) is 6.01. The summed E-state index contributed by atoms with van der Waals surface area (Å²) in [6.45, 7) is 4.47. The van der Waals surface area contributed by atoms with Gasteiger partial charge in [-0.1, -0.05) is 36.4 Å². The van der Waals surface area contributed by atoms with E-state index >= 15 is 0 Å². The highest BCUT2D eigenvalue weighted by molar-refractivity contribution is 7.89. The van der Waals surface area contributed by atoms with Gasteiger partial charge in [0, 0.05) is 50.4 Å². The van der Waals surface area contributed by atoms with Crippen molar-refractivity contribution >= 4 is 27.3 Å². The second-order valence-electron chi connectivity index (χ2n) is 8.40. The van der Waals surface area contributed by atoms with Crippen LogP contribution < -0.4 is 5.32 Å². The molecule has 1 heterocycles. The van der Waals surface area contributed by atoms with Crippen LogP contribution in [0.2, 0.25) is 0 Å². The van der Waals surface area contributed by atoms with E-state index in [9.17, 15) is 23.3 Å². The summed E-state index contributed by atoms with van der Waals surface area (Å²) in [5.74, 6) is -0.347. The predicted octanol–water partition coefficient (Wildman–Crippen LogP) is 3.66. The highest BCUT2D eigenvalue weighted by Gasteiger charge is 2.28. The van der Waals surface area contributed by atoms with Gasteiger partial charge < -0.3 is 5.32 Å². The number of hydrogen-bond donors (Lipinski definition) is 1. The maximum absolute atomic E-state index is 12.8. The van der Waals surface area contributed by atoms with Crippen molar-refractivity contribution in [1.82, 2.24) is 9.21 Å². The van der Waals surface area contributed by atoms with E-state index < -0.39 is 14.9 Å². The number of aryl methyl sites for hydroxylation is 1. The van der Waals surface area contributed by atoms with Crippen LogP contribution >= 0.6 is 0 Å². The number of anilines is 1. The summed E-state index contributed by atoms with van der Waals surface area (Å²) >= 11 is 0. The lowest BCUT2D eigenvalue weighted by Gasteiger charge is -2.34. The van der Waals surface area contributed by atoms with Gasteiger partial charge in [-0.2, -0.15) is 4.31 Å². The summed E-state index contributed by atoms with van der Waals surface area (Å²) in [7, 11) is -3.49. The minimum atomic E-state index is -3.49. The van der Waals surface area contributed by atoms with Gasteiger partial charge in [-0.25, -0.2) is 8.42 Å². The standard InChI is InChI=1S/C25H26N4O5S/c1-19-7-12-22(29(31)32)17-24(19)26-25(30)21-10-8-20(9-11-21)18-27-13-15-28(16-14-27)35(33,34)23-5-3-2-4-6-23/h2-12,17H,13-16,18H2,1H3,(H,26,30). The minimum Gasteiger partial charge on any atom is -0.321 e. The van der Waals surface area contributed by atoms with E-state index in [4.69, 9.17) is 0 Å². The molecule has 1 fully saturated rings. The molecule has 1 amide bonds. The van der Waals surface area contributed by atoms with Crippen molar-refractivity contribution in [2.45, 2.75) is 18.4 Å². The fourth-order valence-corrected chi connectivity index (χ4v) is 5.39. The Labute approximate surface area is 204 Å². The van der Waals surface area contributed by atoms with Crippen LogP contribution in [0.5, 0.6) is 0 Å². The van der Waals surface area contributed by atoms with Crippen molar-refractivity contribution in [1.29, 1.82) is 0 Å². The molecule has 0 radical (unpaired) electrons. The number of hydrogen-bond acceptors (Lipinski definition) is 6. The third-order valence-corrected chi connectivity index (χ3v) is 7.93. The first-order chi connectivity index (χ1) is 16.7. The van der Waals surface area contributed by atoms with E-state index in [2.05, 4.69) is 10.2 Å². The van der Waals surface area contributed by atoms with Crippen LogP contribution in [0.3, 0.4) is 0 Å². The molecule has 35 heavy (non-hydrogen) atoms. The van der Waals surface area contributed by atoms with Gasteiger partial charge in [0.2, 0.25) is 10.0 Å². The Bertz CT molecular complexity index is 1320. The van der Waals surface area contributed by atoms with E-state index in [0.29, 0.717) is 48.9 Å². The Morgan fingerprint density at radius 1 is 0.971 bits per heavy atom. The van der Waals surface area contributed by atoms with Crippen molar-refractivity contribution in [2.75, 3.05) is 31.5 Å². The maximum atomic E-state index is 12.8. The van der Waals surface area contributed by atoms with Gasteiger partial charge in [0.05, 0.1) is 15.5 Å². The summed E-state index contributed by atoms with van der Waals surface area (Å²) in [6.07, 6.45) is 0. The second-order valence-corrected chi connectivity index (χ2v) is 10.3. The fourth-order valence-electron chi connectivity index (χ4n) is 3.94. The summed E-state index contributed by atoms with van der Waals surface area (Å²) in [4.78, 5) is 25.6. The van der Waals surface area contributed by atoms with Gasteiger partial charge in [0.1, 0.15) is 0 Å². The molecule has 4 rings (SSSR count). The first-order valence-electron chi connectivity index (χ1n) is 11.2. The van der Waals surface area contributed by atoms with E-state index in [-0.39, 0.29) is 11.6 Å². The lowest BCUT2D eigenvalue weighted by Crippen LogP contribution is -2.48. The molecule has 3 aromatic rings.